The van der Waals surface area contributed by atoms with Crippen LogP contribution in [0.1, 0.15) is 34.1 Å². The maximum absolute atomic E-state index is 13.6. The first kappa shape index (κ1) is 26.8. The van der Waals surface area contributed by atoms with Gasteiger partial charge in [0, 0.05) is 25.1 Å². The Hall–Kier alpha value is -5.44. The number of aliphatic hydroxyl groups is 1. The van der Waals surface area contributed by atoms with Gasteiger partial charge in [-0.25, -0.2) is 4.98 Å². The van der Waals surface area contributed by atoms with Gasteiger partial charge in [0.05, 0.1) is 24.4 Å². The lowest BCUT2D eigenvalue weighted by atomic mass is 9.95. The van der Waals surface area contributed by atoms with Gasteiger partial charge in [0.2, 0.25) is 0 Å². The highest BCUT2D eigenvalue weighted by Gasteiger charge is 2.47. The van der Waals surface area contributed by atoms with Crippen molar-refractivity contribution in [2.45, 2.75) is 26.1 Å². The molecule has 9 heteroatoms. The molecule has 1 N–H and O–H groups in total. The Balaban J connectivity index is 1.47. The van der Waals surface area contributed by atoms with E-state index in [2.05, 4.69) is 9.97 Å². The Labute approximate surface area is 242 Å². The topological polar surface area (TPSA) is 106 Å². The van der Waals surface area contributed by atoms with Crippen LogP contribution in [0.3, 0.4) is 0 Å². The van der Waals surface area contributed by atoms with Gasteiger partial charge in [-0.2, -0.15) is 0 Å². The standard InChI is InChI=1S/C33H28N4O5/c1-21-29(36-16-7-6-12-27(36)35-21)31(38)28-30(37(33(40)32(28)39)19-23-11-8-15-34-18-23)24-13-14-25(26(17-24)41-2)42-20-22-9-4-3-5-10-22/h3-18,30,38H,19-20H2,1-2H3/b31-28+. The summed E-state index contributed by atoms with van der Waals surface area (Å²) in [5.74, 6) is -0.866. The number of amides is 1. The van der Waals surface area contributed by atoms with E-state index in [1.54, 1.807) is 60.2 Å². The number of hydrogen-bond acceptors (Lipinski definition) is 7. The number of ether oxygens (including phenoxy) is 2. The molecule has 1 fully saturated rings. The van der Waals surface area contributed by atoms with E-state index in [4.69, 9.17) is 9.47 Å². The number of Topliss-reactive ketones (excluding diaryl/α,β-unsaturated/α-hetero) is 1. The number of carbonyl (C=O) groups is 2. The highest BCUT2D eigenvalue weighted by atomic mass is 16.5. The molecule has 0 radical (unpaired) electrons. The Bertz CT molecular complexity index is 1810. The van der Waals surface area contributed by atoms with Crippen LogP contribution in [0.4, 0.5) is 0 Å². The average Bonchev–Trinajstić information content (AvgIpc) is 3.49. The number of benzene rings is 2. The summed E-state index contributed by atoms with van der Waals surface area (Å²) < 4.78 is 13.4. The Morgan fingerprint density at radius 1 is 0.952 bits per heavy atom. The lowest BCUT2D eigenvalue weighted by Crippen LogP contribution is -2.29. The van der Waals surface area contributed by atoms with Gasteiger partial charge in [0.25, 0.3) is 11.7 Å². The van der Waals surface area contributed by atoms with Gasteiger partial charge in [-0.1, -0.05) is 48.5 Å². The Morgan fingerprint density at radius 3 is 2.50 bits per heavy atom. The maximum atomic E-state index is 13.6. The molecule has 3 aromatic heterocycles. The van der Waals surface area contributed by atoms with Crippen molar-refractivity contribution >= 4 is 23.1 Å². The second kappa shape index (κ2) is 11.2. The van der Waals surface area contributed by atoms with Gasteiger partial charge in [-0.15, -0.1) is 0 Å². The lowest BCUT2D eigenvalue weighted by Gasteiger charge is -2.26. The van der Waals surface area contributed by atoms with Crippen molar-refractivity contribution in [3.8, 4) is 11.5 Å². The summed E-state index contributed by atoms with van der Waals surface area (Å²) in [5, 5.41) is 11.7. The molecule has 2 aromatic carbocycles. The number of aryl methyl sites for hydroxylation is 1. The number of imidazole rings is 1. The Morgan fingerprint density at radius 2 is 1.74 bits per heavy atom. The van der Waals surface area contributed by atoms with E-state index >= 15 is 0 Å². The van der Waals surface area contributed by atoms with Crippen LogP contribution in [0.2, 0.25) is 0 Å². The van der Waals surface area contributed by atoms with Crippen LogP contribution in [0, 0.1) is 6.92 Å². The smallest absolute Gasteiger partial charge is 0.295 e. The van der Waals surface area contributed by atoms with Gasteiger partial charge < -0.3 is 19.5 Å². The van der Waals surface area contributed by atoms with Crippen molar-refractivity contribution in [1.82, 2.24) is 19.3 Å². The van der Waals surface area contributed by atoms with E-state index in [1.165, 1.54) is 12.0 Å². The van der Waals surface area contributed by atoms with Crippen molar-refractivity contribution in [3.63, 3.8) is 0 Å². The lowest BCUT2D eigenvalue weighted by molar-refractivity contribution is -0.140. The molecular formula is C33H28N4O5. The highest BCUT2D eigenvalue weighted by Crippen LogP contribution is 2.43. The number of methoxy groups -OCH3 is 1. The molecular weight excluding hydrogens is 532 g/mol. The van der Waals surface area contributed by atoms with Crippen molar-refractivity contribution in [3.05, 3.63) is 131 Å². The van der Waals surface area contributed by atoms with E-state index < -0.39 is 17.7 Å². The average molecular weight is 561 g/mol. The normalized spacial score (nSPS) is 16.2. The molecule has 1 aliphatic rings. The number of fused-ring (bicyclic) bond motifs is 1. The van der Waals surface area contributed by atoms with Gasteiger partial charge >= 0.3 is 0 Å². The van der Waals surface area contributed by atoms with Crippen molar-refractivity contribution in [1.29, 1.82) is 0 Å². The minimum absolute atomic E-state index is 0.0300. The van der Waals surface area contributed by atoms with Crippen LogP contribution in [0.5, 0.6) is 11.5 Å². The zero-order valence-corrected chi connectivity index (χ0v) is 23.1. The van der Waals surface area contributed by atoms with Crippen molar-refractivity contribution in [2.75, 3.05) is 7.11 Å². The highest BCUT2D eigenvalue weighted by molar-refractivity contribution is 6.46. The second-order valence-corrected chi connectivity index (χ2v) is 9.95. The number of pyridine rings is 2. The van der Waals surface area contributed by atoms with Crippen molar-refractivity contribution in [2.24, 2.45) is 0 Å². The Kier molecular flexibility index (Phi) is 7.14. The van der Waals surface area contributed by atoms with Gasteiger partial charge in [0.1, 0.15) is 17.9 Å². The van der Waals surface area contributed by atoms with E-state index in [-0.39, 0.29) is 17.9 Å². The molecule has 0 aliphatic carbocycles. The van der Waals surface area contributed by atoms with Crippen LogP contribution >= 0.6 is 0 Å². The number of likely N-dealkylation sites (tertiary alicyclic amines) is 1. The number of carbonyl (C=O) groups excluding carboxylic acids is 2. The molecule has 210 valence electrons. The minimum atomic E-state index is -0.907. The van der Waals surface area contributed by atoms with Crippen molar-refractivity contribution < 1.29 is 24.2 Å². The molecule has 1 atom stereocenters. The number of hydrogen-bond donors (Lipinski definition) is 1. The van der Waals surface area contributed by atoms with E-state index in [0.717, 1.165) is 11.1 Å². The van der Waals surface area contributed by atoms with Crippen LogP contribution in [-0.4, -0.2) is 43.2 Å². The number of aromatic nitrogens is 3. The molecule has 1 unspecified atom stereocenters. The van der Waals surface area contributed by atoms with E-state index in [1.807, 2.05) is 48.5 Å². The summed E-state index contributed by atoms with van der Waals surface area (Å²) in [4.78, 5) is 37.3. The van der Waals surface area contributed by atoms with Gasteiger partial charge in [0.15, 0.2) is 17.3 Å². The molecule has 0 spiro atoms. The number of nitrogens with zero attached hydrogens (tertiary/aromatic N) is 4. The first-order valence-electron chi connectivity index (χ1n) is 13.4. The largest absolute Gasteiger partial charge is 0.505 e. The molecule has 1 amide bonds. The molecule has 0 saturated carbocycles. The minimum Gasteiger partial charge on any atom is -0.505 e. The van der Waals surface area contributed by atoms with Crippen LogP contribution in [-0.2, 0) is 22.7 Å². The monoisotopic (exact) mass is 560 g/mol. The quantitative estimate of drug-likeness (QED) is 0.157. The zero-order chi connectivity index (χ0) is 29.2. The molecule has 42 heavy (non-hydrogen) atoms. The fraction of sp³-hybridized carbons (Fsp3) is 0.152. The maximum Gasteiger partial charge on any atom is 0.295 e. The van der Waals surface area contributed by atoms with E-state index in [0.29, 0.717) is 40.7 Å². The third-order valence-electron chi connectivity index (χ3n) is 7.28. The first-order chi connectivity index (χ1) is 20.5. The molecule has 0 bridgehead atoms. The summed E-state index contributed by atoms with van der Waals surface area (Å²) in [6.07, 6.45) is 5.04. The fourth-order valence-electron chi connectivity index (χ4n) is 5.31. The summed E-state index contributed by atoms with van der Waals surface area (Å²) in [7, 11) is 1.53. The van der Waals surface area contributed by atoms with Crippen LogP contribution in [0.25, 0.3) is 11.4 Å². The van der Waals surface area contributed by atoms with E-state index in [9.17, 15) is 14.7 Å². The summed E-state index contributed by atoms with van der Waals surface area (Å²) in [6.45, 7) is 2.20. The molecule has 1 saturated heterocycles. The second-order valence-electron chi connectivity index (χ2n) is 9.95. The number of ketones is 1. The predicted octanol–water partition coefficient (Wildman–Crippen LogP) is 5.25. The summed E-state index contributed by atoms with van der Waals surface area (Å²) in [6, 6.07) is 23.2. The summed E-state index contributed by atoms with van der Waals surface area (Å²) in [5.41, 5.74) is 3.77. The molecule has 5 aromatic rings. The molecule has 9 nitrogen and oxygen atoms in total. The van der Waals surface area contributed by atoms with Crippen LogP contribution in [0.15, 0.2) is 103 Å². The molecule has 6 rings (SSSR count). The van der Waals surface area contributed by atoms with Gasteiger partial charge in [-0.05, 0) is 53.9 Å². The van der Waals surface area contributed by atoms with Gasteiger partial charge in [-0.3, -0.25) is 19.0 Å². The number of aliphatic hydroxyl groups excluding tert-OH is 1. The predicted molar refractivity (Wildman–Crippen MR) is 156 cm³/mol. The fourth-order valence-corrected chi connectivity index (χ4v) is 5.31. The first-order valence-corrected chi connectivity index (χ1v) is 13.4. The third-order valence-corrected chi connectivity index (χ3v) is 7.28. The number of rotatable bonds is 8. The van der Waals surface area contributed by atoms with Crippen LogP contribution < -0.4 is 9.47 Å². The SMILES string of the molecule is COc1cc(C2/C(=C(\O)c3c(C)nc4ccccn34)C(=O)C(=O)N2Cc2cccnc2)ccc1OCc1ccccc1. The summed E-state index contributed by atoms with van der Waals surface area (Å²) >= 11 is 0. The molecule has 4 heterocycles. The third kappa shape index (κ3) is 4.85. The molecule has 1 aliphatic heterocycles. The zero-order valence-electron chi connectivity index (χ0n) is 23.1.